The van der Waals surface area contributed by atoms with Crippen LogP contribution >= 0.6 is 11.3 Å². The van der Waals surface area contributed by atoms with Gasteiger partial charge in [0.15, 0.2) is 0 Å². The van der Waals surface area contributed by atoms with Crippen molar-refractivity contribution < 1.29 is 4.42 Å². The van der Waals surface area contributed by atoms with E-state index < -0.39 is 0 Å². The van der Waals surface area contributed by atoms with E-state index in [9.17, 15) is 0 Å². The molecule has 0 amide bonds. The molecule has 0 saturated heterocycles. The van der Waals surface area contributed by atoms with Crippen molar-refractivity contribution in [3.05, 3.63) is 169 Å². The molecule has 4 aromatic heterocycles. The first-order valence-corrected chi connectivity index (χ1v) is 21.5. The Morgan fingerprint density at radius 1 is 0.600 bits per heavy atom. The molecule has 0 aliphatic heterocycles. The van der Waals surface area contributed by atoms with Crippen LogP contribution < -0.4 is 0 Å². The molecule has 4 nitrogen and oxygen atoms in total. The average molecular weight is 784 g/mol. The van der Waals surface area contributed by atoms with Crippen molar-refractivity contribution in [3.63, 3.8) is 0 Å². The number of hydrogen-bond donors (Lipinski definition) is 0. The monoisotopic (exact) mass is 783 g/mol. The number of nitrogens with zero attached hydrogens (tertiary/aromatic N) is 3. The molecule has 0 N–H and O–H groups in total. The minimum absolute atomic E-state index is 0.430. The number of allylic oxidation sites excluding steroid dienone is 1. The fraction of sp³-hybridized carbons (Fsp3) is 0.0545. The minimum Gasteiger partial charge on any atom is -0.455 e. The second-order valence-corrected chi connectivity index (χ2v) is 17.5. The molecule has 14 rings (SSSR count). The van der Waals surface area contributed by atoms with Crippen molar-refractivity contribution in [1.82, 2.24) is 14.5 Å². The Bertz CT molecular complexity index is 4070. The van der Waals surface area contributed by atoms with E-state index in [0.29, 0.717) is 11.9 Å². The standard InChI is InChI=1S/C55H33N3OS/c1-30-22-25-38-43(28-30)47-41-18-8-10-20-44(41)58(52(47)54-48(38)42-19-9-11-21-46(42)60-54)55-56-50(49-37-16-6-4-14-34(37)35-15-5-7-17-39(35)51(49)57-55)32-24-26-36-40-27-23-31-12-2-3-13-33(31)53(40)59-45(36)29-32/h2-27,29-30H,28H2,1H3. The number of fused-ring (bicyclic) bond motifs is 21. The van der Waals surface area contributed by atoms with E-state index in [-0.39, 0.29) is 0 Å². The van der Waals surface area contributed by atoms with E-state index in [1.807, 2.05) is 11.3 Å². The molecular formula is C55H33N3OS. The fourth-order valence-corrected chi connectivity index (χ4v) is 11.8. The lowest BCUT2D eigenvalue weighted by molar-refractivity contribution is 0.673. The van der Waals surface area contributed by atoms with Crippen molar-refractivity contribution in [3.8, 4) is 17.2 Å². The molecule has 13 aromatic rings. The second kappa shape index (κ2) is 11.9. The fourth-order valence-electron chi connectivity index (χ4n) is 10.5. The van der Waals surface area contributed by atoms with Gasteiger partial charge >= 0.3 is 0 Å². The van der Waals surface area contributed by atoms with Gasteiger partial charge in [-0.25, -0.2) is 9.97 Å². The smallest absolute Gasteiger partial charge is 0.235 e. The van der Waals surface area contributed by atoms with Gasteiger partial charge in [-0.05, 0) is 75.3 Å². The Hall–Kier alpha value is -7.34. The Morgan fingerprint density at radius 3 is 2.17 bits per heavy atom. The third-order valence-corrected chi connectivity index (χ3v) is 14.3. The van der Waals surface area contributed by atoms with Crippen molar-refractivity contribution in [2.45, 2.75) is 13.3 Å². The molecule has 0 fully saturated rings. The number of para-hydroxylation sites is 1. The molecular weight excluding hydrogens is 751 g/mol. The number of thiophene rings is 1. The van der Waals surface area contributed by atoms with Gasteiger partial charge in [0.05, 0.1) is 26.9 Å². The summed E-state index contributed by atoms with van der Waals surface area (Å²) in [6, 6.07) is 54.6. The third kappa shape index (κ3) is 4.29. The van der Waals surface area contributed by atoms with Crippen LogP contribution in [0.2, 0.25) is 0 Å². The zero-order chi connectivity index (χ0) is 39.2. The summed E-state index contributed by atoms with van der Waals surface area (Å²) in [5, 5.41) is 15.3. The van der Waals surface area contributed by atoms with Crippen LogP contribution in [0, 0.1) is 5.92 Å². The van der Waals surface area contributed by atoms with Crippen LogP contribution in [0.5, 0.6) is 0 Å². The van der Waals surface area contributed by atoms with Crippen LogP contribution in [-0.4, -0.2) is 14.5 Å². The van der Waals surface area contributed by atoms with Crippen molar-refractivity contribution in [2.24, 2.45) is 5.92 Å². The minimum atomic E-state index is 0.430. The molecule has 0 saturated carbocycles. The molecule has 9 aromatic carbocycles. The van der Waals surface area contributed by atoms with Gasteiger partial charge in [-0.3, -0.25) is 4.57 Å². The molecule has 5 heteroatoms. The number of hydrogen-bond acceptors (Lipinski definition) is 4. The Labute approximate surface area is 347 Å². The summed E-state index contributed by atoms with van der Waals surface area (Å²) in [6.07, 6.45) is 5.74. The van der Waals surface area contributed by atoms with E-state index in [1.165, 1.54) is 63.7 Å². The molecule has 60 heavy (non-hydrogen) atoms. The molecule has 0 bridgehead atoms. The molecule has 0 spiro atoms. The van der Waals surface area contributed by atoms with Crippen molar-refractivity contribution >= 4 is 125 Å². The number of furan rings is 1. The number of benzene rings is 9. The molecule has 1 atom stereocenters. The Balaban J connectivity index is 1.17. The summed E-state index contributed by atoms with van der Waals surface area (Å²) in [6.45, 7) is 2.33. The van der Waals surface area contributed by atoms with Gasteiger partial charge in [0.25, 0.3) is 0 Å². The highest BCUT2D eigenvalue weighted by atomic mass is 32.1. The van der Waals surface area contributed by atoms with E-state index in [1.54, 1.807) is 0 Å². The lowest BCUT2D eigenvalue weighted by Gasteiger charge is -2.20. The predicted molar refractivity (Wildman–Crippen MR) is 254 cm³/mol. The Kier molecular flexibility index (Phi) is 6.45. The summed E-state index contributed by atoms with van der Waals surface area (Å²) in [5.41, 5.74) is 9.62. The molecule has 1 unspecified atom stereocenters. The summed E-state index contributed by atoms with van der Waals surface area (Å²) in [5.74, 6) is 1.09. The van der Waals surface area contributed by atoms with E-state index >= 15 is 0 Å². The zero-order valence-corrected chi connectivity index (χ0v) is 33.3. The van der Waals surface area contributed by atoms with Crippen molar-refractivity contribution in [1.29, 1.82) is 0 Å². The van der Waals surface area contributed by atoms with Gasteiger partial charge in [-0.1, -0.05) is 140 Å². The molecule has 1 aliphatic rings. The maximum atomic E-state index is 6.80. The second-order valence-electron chi connectivity index (χ2n) is 16.5. The first kappa shape index (κ1) is 32.6. The van der Waals surface area contributed by atoms with Gasteiger partial charge in [0.2, 0.25) is 5.95 Å². The highest BCUT2D eigenvalue weighted by molar-refractivity contribution is 7.26. The number of rotatable bonds is 2. The molecule has 1 aliphatic carbocycles. The lowest BCUT2D eigenvalue weighted by Crippen LogP contribution is -2.06. The molecule has 280 valence electrons. The van der Waals surface area contributed by atoms with Gasteiger partial charge in [-0.2, -0.15) is 0 Å². The van der Waals surface area contributed by atoms with Crippen LogP contribution in [0.25, 0.3) is 130 Å². The van der Waals surface area contributed by atoms with Crippen LogP contribution in [-0.2, 0) is 6.42 Å². The third-order valence-electron chi connectivity index (χ3n) is 13.1. The number of aromatic nitrogens is 3. The van der Waals surface area contributed by atoms with E-state index in [4.69, 9.17) is 14.4 Å². The van der Waals surface area contributed by atoms with Crippen LogP contribution in [0.3, 0.4) is 0 Å². The van der Waals surface area contributed by atoms with Gasteiger partial charge < -0.3 is 4.42 Å². The maximum Gasteiger partial charge on any atom is 0.235 e. The maximum absolute atomic E-state index is 6.80. The summed E-state index contributed by atoms with van der Waals surface area (Å²) >= 11 is 1.88. The molecule has 0 radical (unpaired) electrons. The summed E-state index contributed by atoms with van der Waals surface area (Å²) < 4.78 is 11.7. The first-order valence-electron chi connectivity index (χ1n) is 20.7. The van der Waals surface area contributed by atoms with E-state index in [2.05, 4.69) is 175 Å². The SMILES string of the molecule is CC1C=Cc2c(c3c4ccccc4n(-c4nc(-c5ccc6c(c5)oc5c7ccccc7ccc65)c5c6ccccc6c6ccccc6c5n4)c3c3sc4ccccc4c23)C1. The zero-order valence-electron chi connectivity index (χ0n) is 32.5. The van der Waals surface area contributed by atoms with Gasteiger partial charge in [0.1, 0.15) is 11.2 Å². The lowest BCUT2D eigenvalue weighted by atomic mass is 9.85. The Morgan fingerprint density at radius 2 is 1.30 bits per heavy atom. The average Bonchev–Trinajstić information content (AvgIpc) is 3.99. The largest absolute Gasteiger partial charge is 0.455 e. The topological polar surface area (TPSA) is 43.9 Å². The van der Waals surface area contributed by atoms with Crippen LogP contribution in [0.4, 0.5) is 0 Å². The van der Waals surface area contributed by atoms with Crippen LogP contribution in [0.1, 0.15) is 18.1 Å². The summed E-state index contributed by atoms with van der Waals surface area (Å²) in [7, 11) is 0. The van der Waals surface area contributed by atoms with Crippen molar-refractivity contribution in [2.75, 3.05) is 0 Å². The van der Waals surface area contributed by atoms with Crippen LogP contribution in [0.15, 0.2) is 162 Å². The highest BCUT2D eigenvalue weighted by Crippen LogP contribution is 2.49. The van der Waals surface area contributed by atoms with Gasteiger partial charge in [0, 0.05) is 58.7 Å². The highest BCUT2D eigenvalue weighted by Gasteiger charge is 2.28. The first-order chi connectivity index (χ1) is 29.7. The molecule has 4 heterocycles. The quantitative estimate of drug-likeness (QED) is 0.164. The normalized spacial score (nSPS) is 14.4. The predicted octanol–water partition coefficient (Wildman–Crippen LogP) is 15.3. The van der Waals surface area contributed by atoms with E-state index in [0.717, 1.165) is 72.2 Å². The van der Waals surface area contributed by atoms with Gasteiger partial charge in [-0.15, -0.1) is 11.3 Å². The summed E-state index contributed by atoms with van der Waals surface area (Å²) in [4.78, 5) is 11.5.